The van der Waals surface area contributed by atoms with Gasteiger partial charge in [0.1, 0.15) is 0 Å². The fourth-order valence-corrected chi connectivity index (χ4v) is 1.74. The van der Waals surface area contributed by atoms with Gasteiger partial charge in [0.05, 0.1) is 6.42 Å². The Morgan fingerprint density at radius 1 is 1.50 bits per heavy atom. The molecule has 0 aliphatic rings. The first-order valence-corrected chi connectivity index (χ1v) is 5.98. The molecule has 0 aliphatic carbocycles. The summed E-state index contributed by atoms with van der Waals surface area (Å²) in [5.41, 5.74) is 1.27. The molecule has 0 spiro atoms. The van der Waals surface area contributed by atoms with Crippen molar-refractivity contribution in [3.05, 3.63) is 29.6 Å². The smallest absolute Gasteiger partial charge is 0.305 e. The maximum atomic E-state index is 11.9. The number of aliphatic carboxylic acids is 1. The third-order valence-electron chi connectivity index (χ3n) is 2.55. The monoisotopic (exact) mass is 250 g/mol. The number of carbonyl (C=O) groups is 2. The summed E-state index contributed by atoms with van der Waals surface area (Å²) in [6, 6.07) is 2.97. The minimum absolute atomic E-state index is 0.0519. The molecule has 18 heavy (non-hydrogen) atoms. The SMILES string of the molecule is CCCC(CC(=O)O)NC(=O)c1ccnc(C)c1. The summed E-state index contributed by atoms with van der Waals surface area (Å²) in [7, 11) is 0. The highest BCUT2D eigenvalue weighted by Gasteiger charge is 2.16. The molecule has 1 aromatic rings. The lowest BCUT2D eigenvalue weighted by Crippen LogP contribution is -2.36. The van der Waals surface area contributed by atoms with Crippen LogP contribution in [0.4, 0.5) is 0 Å². The van der Waals surface area contributed by atoms with E-state index in [1.165, 1.54) is 0 Å². The van der Waals surface area contributed by atoms with Crippen molar-refractivity contribution in [3.8, 4) is 0 Å². The number of nitrogens with zero attached hydrogens (tertiary/aromatic N) is 1. The minimum atomic E-state index is -0.903. The van der Waals surface area contributed by atoms with Gasteiger partial charge in [-0.25, -0.2) is 0 Å². The second-order valence-corrected chi connectivity index (χ2v) is 4.24. The Balaban J connectivity index is 2.68. The molecule has 1 amide bonds. The molecule has 1 heterocycles. The number of carboxylic acids is 1. The summed E-state index contributed by atoms with van der Waals surface area (Å²) >= 11 is 0. The van der Waals surface area contributed by atoms with Crippen LogP contribution in [-0.4, -0.2) is 28.0 Å². The van der Waals surface area contributed by atoms with Crippen LogP contribution in [-0.2, 0) is 4.79 Å². The quantitative estimate of drug-likeness (QED) is 0.806. The molecule has 0 fully saturated rings. The first kappa shape index (κ1) is 14.2. The molecule has 5 heteroatoms. The van der Waals surface area contributed by atoms with E-state index in [4.69, 9.17) is 5.11 Å². The number of carbonyl (C=O) groups excluding carboxylic acids is 1. The Bertz CT molecular complexity index is 432. The van der Waals surface area contributed by atoms with Gasteiger partial charge in [0.25, 0.3) is 5.91 Å². The Morgan fingerprint density at radius 3 is 2.78 bits per heavy atom. The van der Waals surface area contributed by atoms with Gasteiger partial charge in [-0.05, 0) is 25.5 Å². The first-order chi connectivity index (χ1) is 8.52. The van der Waals surface area contributed by atoms with Gasteiger partial charge in [-0.2, -0.15) is 0 Å². The molecule has 1 aromatic heterocycles. The predicted molar refractivity (Wildman–Crippen MR) is 67.4 cm³/mol. The van der Waals surface area contributed by atoms with Gasteiger partial charge in [-0.15, -0.1) is 0 Å². The summed E-state index contributed by atoms with van der Waals surface area (Å²) in [5, 5.41) is 11.5. The maximum Gasteiger partial charge on any atom is 0.305 e. The van der Waals surface area contributed by atoms with E-state index < -0.39 is 5.97 Å². The zero-order chi connectivity index (χ0) is 13.5. The van der Waals surface area contributed by atoms with Crippen LogP contribution in [0.2, 0.25) is 0 Å². The average molecular weight is 250 g/mol. The number of nitrogens with one attached hydrogen (secondary N) is 1. The third kappa shape index (κ3) is 4.53. The molecule has 0 saturated carbocycles. The fraction of sp³-hybridized carbons (Fsp3) is 0.462. The Kier molecular flexibility index (Phi) is 5.30. The van der Waals surface area contributed by atoms with Crippen LogP contribution in [0, 0.1) is 6.92 Å². The van der Waals surface area contributed by atoms with Crippen LogP contribution in [0.1, 0.15) is 42.2 Å². The topological polar surface area (TPSA) is 79.3 Å². The number of amides is 1. The number of carboxylic acid groups (broad SMARTS) is 1. The molecule has 0 bridgehead atoms. The molecule has 1 unspecified atom stereocenters. The van der Waals surface area contributed by atoms with Crippen molar-refractivity contribution in [2.45, 2.75) is 39.2 Å². The van der Waals surface area contributed by atoms with Crippen molar-refractivity contribution in [1.82, 2.24) is 10.3 Å². The van der Waals surface area contributed by atoms with Gasteiger partial charge in [-0.1, -0.05) is 13.3 Å². The Morgan fingerprint density at radius 2 is 2.22 bits per heavy atom. The molecular weight excluding hydrogens is 232 g/mol. The lowest BCUT2D eigenvalue weighted by molar-refractivity contribution is -0.137. The second kappa shape index (κ2) is 6.74. The van der Waals surface area contributed by atoms with Crippen LogP contribution in [0.3, 0.4) is 0 Å². The van der Waals surface area contributed by atoms with Crippen LogP contribution in [0.25, 0.3) is 0 Å². The van der Waals surface area contributed by atoms with Crippen molar-refractivity contribution >= 4 is 11.9 Å². The summed E-state index contributed by atoms with van der Waals surface area (Å²) in [4.78, 5) is 26.6. The van der Waals surface area contributed by atoms with Gasteiger partial charge in [0.15, 0.2) is 0 Å². The van der Waals surface area contributed by atoms with Gasteiger partial charge >= 0.3 is 5.97 Å². The van der Waals surface area contributed by atoms with Crippen molar-refractivity contribution < 1.29 is 14.7 Å². The first-order valence-electron chi connectivity index (χ1n) is 5.98. The molecule has 1 rings (SSSR count). The minimum Gasteiger partial charge on any atom is -0.481 e. The molecule has 2 N–H and O–H groups in total. The van der Waals surface area contributed by atoms with E-state index in [9.17, 15) is 9.59 Å². The third-order valence-corrected chi connectivity index (χ3v) is 2.55. The van der Waals surface area contributed by atoms with Crippen LogP contribution >= 0.6 is 0 Å². The Labute approximate surface area is 106 Å². The second-order valence-electron chi connectivity index (χ2n) is 4.24. The fourth-order valence-electron chi connectivity index (χ4n) is 1.74. The number of aromatic nitrogens is 1. The molecule has 1 atom stereocenters. The van der Waals surface area contributed by atoms with Crippen molar-refractivity contribution in [2.24, 2.45) is 0 Å². The number of hydrogen-bond donors (Lipinski definition) is 2. The highest BCUT2D eigenvalue weighted by molar-refractivity contribution is 5.94. The molecule has 98 valence electrons. The molecule has 0 aromatic carbocycles. The summed E-state index contributed by atoms with van der Waals surface area (Å²) in [6.07, 6.45) is 3.00. The van der Waals surface area contributed by atoms with Gasteiger partial charge < -0.3 is 10.4 Å². The zero-order valence-electron chi connectivity index (χ0n) is 10.6. The lowest BCUT2D eigenvalue weighted by Gasteiger charge is -2.16. The maximum absolute atomic E-state index is 11.9. The average Bonchev–Trinajstić information content (AvgIpc) is 2.28. The van der Waals surface area contributed by atoms with E-state index in [1.54, 1.807) is 25.3 Å². The normalized spacial score (nSPS) is 11.9. The number of rotatable bonds is 6. The predicted octanol–water partition coefficient (Wildman–Crippen LogP) is 1.76. The lowest BCUT2D eigenvalue weighted by atomic mass is 10.1. The van der Waals surface area contributed by atoms with Gasteiger partial charge in [-0.3, -0.25) is 14.6 Å². The van der Waals surface area contributed by atoms with Crippen LogP contribution < -0.4 is 5.32 Å². The molecule has 0 aliphatic heterocycles. The number of aryl methyl sites for hydroxylation is 1. The Hall–Kier alpha value is -1.91. The van der Waals surface area contributed by atoms with Gasteiger partial charge in [0, 0.05) is 23.5 Å². The molecule has 5 nitrogen and oxygen atoms in total. The zero-order valence-corrected chi connectivity index (χ0v) is 10.6. The molecule has 0 radical (unpaired) electrons. The van der Waals surface area contributed by atoms with E-state index in [2.05, 4.69) is 10.3 Å². The van der Waals surface area contributed by atoms with Gasteiger partial charge in [0.2, 0.25) is 0 Å². The van der Waals surface area contributed by atoms with Crippen molar-refractivity contribution in [3.63, 3.8) is 0 Å². The van der Waals surface area contributed by atoms with Crippen LogP contribution in [0.15, 0.2) is 18.3 Å². The summed E-state index contributed by atoms with van der Waals surface area (Å²) < 4.78 is 0. The number of pyridine rings is 1. The van der Waals surface area contributed by atoms with E-state index in [1.807, 2.05) is 6.92 Å². The van der Waals surface area contributed by atoms with Crippen molar-refractivity contribution in [2.75, 3.05) is 0 Å². The standard InChI is InChI=1S/C13H18N2O3/c1-3-4-11(8-12(16)17)15-13(18)10-5-6-14-9(2)7-10/h5-7,11H,3-4,8H2,1-2H3,(H,15,18)(H,16,17). The highest BCUT2D eigenvalue weighted by Crippen LogP contribution is 2.06. The van der Waals surface area contributed by atoms with E-state index >= 15 is 0 Å². The van der Waals surface area contributed by atoms with Crippen molar-refractivity contribution in [1.29, 1.82) is 0 Å². The molecular formula is C13H18N2O3. The number of hydrogen-bond acceptors (Lipinski definition) is 3. The summed E-state index contributed by atoms with van der Waals surface area (Å²) in [5.74, 6) is -1.15. The van der Waals surface area contributed by atoms with E-state index in [0.717, 1.165) is 12.1 Å². The van der Waals surface area contributed by atoms with E-state index in [0.29, 0.717) is 12.0 Å². The summed E-state index contributed by atoms with van der Waals surface area (Å²) in [6.45, 7) is 3.76. The largest absolute Gasteiger partial charge is 0.481 e. The molecule has 0 saturated heterocycles. The van der Waals surface area contributed by atoms with Crippen LogP contribution in [0.5, 0.6) is 0 Å². The van der Waals surface area contributed by atoms with E-state index in [-0.39, 0.29) is 18.4 Å². The highest BCUT2D eigenvalue weighted by atomic mass is 16.4.